The molecule has 0 saturated heterocycles. The number of hydrogen-bond acceptors (Lipinski definition) is 3. The molecule has 88 valence electrons. The Morgan fingerprint density at radius 1 is 1.50 bits per heavy atom. The van der Waals surface area contributed by atoms with Crippen LogP contribution in [-0.2, 0) is 0 Å². The first-order valence-electron chi connectivity index (χ1n) is 5.32. The smallest absolute Gasteiger partial charge is 0.106 e. The molecule has 0 aliphatic rings. The normalized spacial score (nSPS) is 13.2. The summed E-state index contributed by atoms with van der Waals surface area (Å²) in [5, 5.41) is 3.40. The van der Waals surface area contributed by atoms with Crippen molar-refractivity contribution in [1.29, 1.82) is 0 Å². The summed E-state index contributed by atoms with van der Waals surface area (Å²) >= 11 is 5.01. The summed E-state index contributed by atoms with van der Waals surface area (Å²) in [4.78, 5) is 4.48. The Bertz CT molecular complexity index is 382. The highest BCUT2D eigenvalue weighted by atomic mass is 32.1. The summed E-state index contributed by atoms with van der Waals surface area (Å²) in [6.07, 6.45) is 3.46. The fourth-order valence-corrected chi connectivity index (χ4v) is 1.35. The van der Waals surface area contributed by atoms with Gasteiger partial charge in [-0.05, 0) is 18.4 Å². The lowest BCUT2D eigenvalue weighted by Crippen LogP contribution is -2.31. The van der Waals surface area contributed by atoms with Gasteiger partial charge >= 0.3 is 0 Å². The van der Waals surface area contributed by atoms with Crippen LogP contribution in [0.25, 0.3) is 0 Å². The zero-order chi connectivity index (χ0) is 12.3. The predicted octanol–water partition coefficient (Wildman–Crippen LogP) is 2.56. The van der Waals surface area contributed by atoms with Gasteiger partial charge in [-0.25, -0.2) is 0 Å². The third-order valence-electron chi connectivity index (χ3n) is 2.76. The van der Waals surface area contributed by atoms with Crippen LogP contribution in [0.4, 0.5) is 5.69 Å². The number of nitrogens with two attached hydrogens (primary N) is 1. The van der Waals surface area contributed by atoms with Crippen molar-refractivity contribution < 1.29 is 0 Å². The van der Waals surface area contributed by atoms with Gasteiger partial charge in [0.2, 0.25) is 0 Å². The second-order valence-corrected chi connectivity index (χ2v) is 5.46. The molecule has 1 aromatic heterocycles. The summed E-state index contributed by atoms with van der Waals surface area (Å²) in [7, 11) is 0. The van der Waals surface area contributed by atoms with Crippen LogP contribution in [-0.4, -0.2) is 16.0 Å². The Morgan fingerprint density at radius 3 is 2.62 bits per heavy atom. The monoisotopic (exact) mass is 237 g/mol. The molecule has 0 bridgehead atoms. The summed E-state index contributed by atoms with van der Waals surface area (Å²) in [5.74, 6) is 0. The van der Waals surface area contributed by atoms with Gasteiger partial charge in [-0.2, -0.15) is 0 Å². The zero-order valence-electron chi connectivity index (χ0n) is 10.2. The highest BCUT2D eigenvalue weighted by Crippen LogP contribution is 2.24. The molecular weight excluding hydrogens is 218 g/mol. The predicted molar refractivity (Wildman–Crippen MR) is 72.7 cm³/mol. The van der Waals surface area contributed by atoms with Crippen LogP contribution < -0.4 is 11.1 Å². The second-order valence-electron chi connectivity index (χ2n) is 5.02. The summed E-state index contributed by atoms with van der Waals surface area (Å²) < 4.78 is 0. The highest BCUT2D eigenvalue weighted by Gasteiger charge is 2.20. The van der Waals surface area contributed by atoms with Crippen LogP contribution in [0.5, 0.6) is 0 Å². The van der Waals surface area contributed by atoms with Crippen LogP contribution in [0, 0.1) is 5.41 Å². The average molecular weight is 237 g/mol. The van der Waals surface area contributed by atoms with Crippen LogP contribution >= 0.6 is 12.2 Å². The first-order chi connectivity index (χ1) is 7.32. The zero-order valence-corrected chi connectivity index (χ0v) is 11.1. The number of nitrogens with one attached hydrogen (secondary N) is 1. The topological polar surface area (TPSA) is 50.9 Å². The number of thiocarbonyl (C=S) groups is 1. The molecule has 0 amide bonds. The van der Waals surface area contributed by atoms with Gasteiger partial charge in [0, 0.05) is 17.8 Å². The first-order valence-corrected chi connectivity index (χ1v) is 5.73. The van der Waals surface area contributed by atoms with Gasteiger partial charge in [0.1, 0.15) is 4.99 Å². The molecule has 0 fully saturated rings. The molecule has 0 spiro atoms. The Morgan fingerprint density at radius 2 is 2.12 bits per heavy atom. The van der Waals surface area contributed by atoms with E-state index < -0.39 is 0 Å². The molecule has 0 aliphatic heterocycles. The average Bonchev–Trinajstić information content (AvgIpc) is 2.16. The van der Waals surface area contributed by atoms with Crippen LogP contribution in [0.1, 0.15) is 33.3 Å². The van der Waals surface area contributed by atoms with E-state index in [0.717, 1.165) is 11.3 Å². The van der Waals surface area contributed by atoms with Crippen molar-refractivity contribution in [2.45, 2.75) is 33.7 Å². The number of aromatic nitrogens is 1. The summed E-state index contributed by atoms with van der Waals surface area (Å²) in [6.45, 7) is 8.68. The molecule has 1 rings (SSSR count). The Kier molecular flexibility index (Phi) is 3.86. The molecule has 4 heteroatoms. The van der Waals surface area contributed by atoms with Gasteiger partial charge in [-0.15, -0.1) is 0 Å². The van der Waals surface area contributed by atoms with E-state index in [4.69, 9.17) is 18.0 Å². The summed E-state index contributed by atoms with van der Waals surface area (Å²) in [6, 6.07) is 2.14. The highest BCUT2D eigenvalue weighted by molar-refractivity contribution is 7.80. The number of hydrogen-bond donors (Lipinski definition) is 2. The largest absolute Gasteiger partial charge is 0.389 e. The first kappa shape index (κ1) is 12.9. The maximum absolute atomic E-state index is 5.66. The van der Waals surface area contributed by atoms with Gasteiger partial charge in [0.05, 0.1) is 11.9 Å². The van der Waals surface area contributed by atoms with Crippen molar-refractivity contribution in [2.75, 3.05) is 5.32 Å². The third kappa shape index (κ3) is 3.17. The molecule has 1 atom stereocenters. The van der Waals surface area contributed by atoms with Crippen LogP contribution in [0.15, 0.2) is 18.5 Å². The molecule has 1 heterocycles. The quantitative estimate of drug-likeness (QED) is 0.793. The van der Waals surface area contributed by atoms with Gasteiger partial charge in [-0.1, -0.05) is 33.0 Å². The van der Waals surface area contributed by atoms with Gasteiger partial charge in [0.25, 0.3) is 0 Å². The van der Waals surface area contributed by atoms with Crippen molar-refractivity contribution in [2.24, 2.45) is 11.1 Å². The van der Waals surface area contributed by atoms with Crippen molar-refractivity contribution in [1.82, 2.24) is 4.98 Å². The minimum Gasteiger partial charge on any atom is -0.389 e. The van der Waals surface area contributed by atoms with Gasteiger partial charge in [0.15, 0.2) is 0 Å². The molecule has 16 heavy (non-hydrogen) atoms. The molecule has 0 aliphatic carbocycles. The van der Waals surface area contributed by atoms with E-state index in [9.17, 15) is 0 Å². The van der Waals surface area contributed by atoms with E-state index in [1.807, 2.05) is 6.07 Å². The molecule has 3 nitrogen and oxygen atoms in total. The molecule has 1 unspecified atom stereocenters. The molecular formula is C12H19N3S. The van der Waals surface area contributed by atoms with E-state index in [0.29, 0.717) is 11.0 Å². The summed E-state index contributed by atoms with van der Waals surface area (Å²) in [5.41, 5.74) is 7.58. The molecule has 1 aromatic rings. The SMILES string of the molecule is CC(Nc1cnccc1C(N)=S)C(C)(C)C. The number of pyridine rings is 1. The third-order valence-corrected chi connectivity index (χ3v) is 2.98. The minimum absolute atomic E-state index is 0.170. The molecule has 3 N–H and O–H groups in total. The number of nitrogens with zero attached hydrogens (tertiary/aromatic N) is 1. The lowest BCUT2D eigenvalue weighted by molar-refractivity contribution is 0.359. The maximum atomic E-state index is 5.66. The van der Waals surface area contributed by atoms with Crippen molar-refractivity contribution >= 4 is 22.9 Å². The minimum atomic E-state index is 0.170. The van der Waals surface area contributed by atoms with Crippen molar-refractivity contribution in [3.8, 4) is 0 Å². The second kappa shape index (κ2) is 4.78. The fraction of sp³-hybridized carbons (Fsp3) is 0.500. The van der Waals surface area contributed by atoms with Gasteiger partial charge < -0.3 is 11.1 Å². The van der Waals surface area contributed by atoms with E-state index >= 15 is 0 Å². The van der Waals surface area contributed by atoms with Crippen LogP contribution in [0.2, 0.25) is 0 Å². The fourth-order valence-electron chi connectivity index (χ4n) is 1.17. The Hall–Kier alpha value is -1.16. The lowest BCUT2D eigenvalue weighted by Gasteiger charge is -2.29. The molecule has 0 aromatic carbocycles. The molecule has 0 saturated carbocycles. The van der Waals surface area contributed by atoms with E-state index in [2.05, 4.69) is 38.0 Å². The lowest BCUT2D eigenvalue weighted by atomic mass is 9.88. The Labute approximate surface area is 102 Å². The van der Waals surface area contributed by atoms with Crippen molar-refractivity contribution in [3.63, 3.8) is 0 Å². The van der Waals surface area contributed by atoms with Crippen LogP contribution in [0.3, 0.4) is 0 Å². The van der Waals surface area contributed by atoms with E-state index in [1.165, 1.54) is 0 Å². The van der Waals surface area contributed by atoms with E-state index in [-0.39, 0.29) is 5.41 Å². The number of rotatable bonds is 3. The van der Waals surface area contributed by atoms with E-state index in [1.54, 1.807) is 12.4 Å². The van der Waals surface area contributed by atoms with Crippen molar-refractivity contribution in [3.05, 3.63) is 24.0 Å². The maximum Gasteiger partial charge on any atom is 0.106 e. The Balaban J connectivity index is 2.93. The van der Waals surface area contributed by atoms with Gasteiger partial charge in [-0.3, -0.25) is 4.98 Å². The number of anilines is 1. The standard InChI is InChI=1S/C12H19N3S/c1-8(12(2,3)4)15-10-7-14-6-5-9(10)11(13)16/h5-8,15H,1-4H3,(H2,13,16). The molecule has 0 radical (unpaired) electrons.